The third-order valence-corrected chi connectivity index (χ3v) is 7.47. The normalized spacial score (nSPS) is 12.7. The van der Waals surface area contributed by atoms with Gasteiger partial charge in [-0.2, -0.15) is 0 Å². The van der Waals surface area contributed by atoms with Gasteiger partial charge in [-0.3, -0.25) is 9.59 Å². The highest BCUT2D eigenvalue weighted by atomic mass is 32.2. The van der Waals surface area contributed by atoms with Crippen LogP contribution >= 0.6 is 0 Å². The molecule has 0 saturated heterocycles. The number of carbonyl (C=O) groups is 2. The molecule has 3 aromatic carbocycles. The van der Waals surface area contributed by atoms with Crippen LogP contribution in [0.2, 0.25) is 0 Å². The summed E-state index contributed by atoms with van der Waals surface area (Å²) >= 11 is 0. The van der Waals surface area contributed by atoms with Gasteiger partial charge in [-0.1, -0.05) is 18.2 Å². The Morgan fingerprint density at radius 2 is 1.61 bits per heavy atom. The van der Waals surface area contributed by atoms with Crippen LogP contribution in [0.3, 0.4) is 0 Å². The van der Waals surface area contributed by atoms with E-state index in [9.17, 15) is 22.4 Å². The molecule has 0 saturated carbocycles. The van der Waals surface area contributed by atoms with E-state index in [-0.39, 0.29) is 16.9 Å². The number of para-hydroxylation sites is 1. The number of carbonyl (C=O) groups excluding carboxylic acids is 2. The number of sulfonamides is 1. The Labute approximate surface area is 220 Å². The Bertz CT molecular complexity index is 1560. The average molecular weight is 537 g/mol. The zero-order chi connectivity index (χ0) is 27.5. The molecule has 4 aromatic rings. The van der Waals surface area contributed by atoms with Crippen LogP contribution in [0.4, 0.5) is 10.1 Å². The highest BCUT2D eigenvalue weighted by Crippen LogP contribution is 2.21. The number of rotatable bonds is 8. The maximum Gasteiger partial charge on any atom is 0.251 e. The monoisotopic (exact) mass is 536 g/mol. The van der Waals surface area contributed by atoms with Gasteiger partial charge in [0.25, 0.3) is 5.91 Å². The molecule has 0 bridgehead atoms. The first-order valence-electron chi connectivity index (χ1n) is 12.0. The van der Waals surface area contributed by atoms with Crippen molar-refractivity contribution in [3.63, 3.8) is 0 Å². The van der Waals surface area contributed by atoms with Crippen LogP contribution in [-0.4, -0.2) is 36.8 Å². The van der Waals surface area contributed by atoms with Crippen LogP contribution in [0.1, 0.15) is 36.7 Å². The molecule has 1 heterocycles. The van der Waals surface area contributed by atoms with Crippen molar-refractivity contribution in [2.75, 3.05) is 5.32 Å². The van der Waals surface area contributed by atoms with Crippen LogP contribution in [-0.2, 0) is 21.2 Å². The number of hydrogen-bond donors (Lipinski definition) is 4. The smallest absolute Gasteiger partial charge is 0.251 e. The van der Waals surface area contributed by atoms with Crippen LogP contribution < -0.4 is 15.4 Å². The molecule has 0 aliphatic carbocycles. The zero-order valence-corrected chi connectivity index (χ0v) is 22.0. The van der Waals surface area contributed by atoms with E-state index in [1.165, 1.54) is 48.5 Å². The highest BCUT2D eigenvalue weighted by Gasteiger charge is 2.25. The summed E-state index contributed by atoms with van der Waals surface area (Å²) in [5, 5.41) is 6.42. The number of anilines is 1. The molecule has 4 N–H and O–H groups in total. The first-order valence-corrected chi connectivity index (χ1v) is 13.5. The van der Waals surface area contributed by atoms with E-state index in [0.29, 0.717) is 5.69 Å². The van der Waals surface area contributed by atoms with Crippen LogP contribution in [0.25, 0.3) is 10.9 Å². The molecule has 0 aliphatic rings. The van der Waals surface area contributed by atoms with Gasteiger partial charge in [0.15, 0.2) is 0 Å². The molecule has 38 heavy (non-hydrogen) atoms. The van der Waals surface area contributed by atoms with E-state index < -0.39 is 39.2 Å². The first kappa shape index (κ1) is 27.0. The van der Waals surface area contributed by atoms with Gasteiger partial charge in [0.1, 0.15) is 11.9 Å². The number of amides is 2. The largest absolute Gasteiger partial charge is 0.361 e. The Morgan fingerprint density at radius 1 is 0.947 bits per heavy atom. The third-order valence-electron chi connectivity index (χ3n) is 5.70. The fourth-order valence-electron chi connectivity index (χ4n) is 3.98. The van der Waals surface area contributed by atoms with E-state index in [2.05, 4.69) is 20.3 Å². The van der Waals surface area contributed by atoms with E-state index >= 15 is 0 Å². The van der Waals surface area contributed by atoms with Crippen LogP contribution in [0.15, 0.2) is 83.9 Å². The fraction of sp³-hybridized carbons (Fsp3) is 0.214. The highest BCUT2D eigenvalue weighted by molar-refractivity contribution is 7.89. The van der Waals surface area contributed by atoms with Crippen LogP contribution in [0.5, 0.6) is 0 Å². The molecule has 1 aromatic heterocycles. The fourth-order valence-corrected chi connectivity index (χ4v) is 5.40. The zero-order valence-electron chi connectivity index (χ0n) is 21.2. The van der Waals surface area contributed by atoms with Crippen molar-refractivity contribution in [1.29, 1.82) is 0 Å². The topological polar surface area (TPSA) is 120 Å². The van der Waals surface area contributed by atoms with E-state index in [0.717, 1.165) is 16.5 Å². The molecule has 198 valence electrons. The predicted molar refractivity (Wildman–Crippen MR) is 145 cm³/mol. The number of H-pyrrole nitrogens is 1. The summed E-state index contributed by atoms with van der Waals surface area (Å²) in [5.41, 5.74) is 1.65. The molecule has 8 nitrogen and oxygen atoms in total. The summed E-state index contributed by atoms with van der Waals surface area (Å²) in [6.45, 7) is 5.23. The Kier molecular flexibility index (Phi) is 7.66. The Morgan fingerprint density at radius 3 is 2.26 bits per heavy atom. The lowest BCUT2D eigenvalue weighted by molar-refractivity contribution is -0.118. The Hall–Kier alpha value is -4.02. The van der Waals surface area contributed by atoms with E-state index in [1.54, 1.807) is 27.0 Å². The van der Waals surface area contributed by atoms with E-state index in [1.807, 2.05) is 24.3 Å². The number of halogens is 1. The molecule has 1 atom stereocenters. The lowest BCUT2D eigenvalue weighted by Gasteiger charge is -2.21. The second kappa shape index (κ2) is 10.8. The van der Waals surface area contributed by atoms with Crippen LogP contribution in [0, 0.1) is 5.82 Å². The summed E-state index contributed by atoms with van der Waals surface area (Å²) in [4.78, 5) is 29.4. The number of hydrogen-bond acceptors (Lipinski definition) is 4. The second-order valence-electron chi connectivity index (χ2n) is 9.97. The molecule has 2 amide bonds. The van der Waals surface area contributed by atoms with Crippen molar-refractivity contribution in [2.45, 2.75) is 43.7 Å². The first-order chi connectivity index (χ1) is 17.9. The molecule has 0 radical (unpaired) electrons. The second-order valence-corrected chi connectivity index (χ2v) is 11.6. The molecule has 0 spiro atoms. The molecular weight excluding hydrogens is 507 g/mol. The van der Waals surface area contributed by atoms with Crippen molar-refractivity contribution < 1.29 is 22.4 Å². The SMILES string of the molecule is CC(C)(C)NS(=O)(=O)c1ccc(NC(=O)[C@H](Cc2c[nH]c3ccccc23)NC(=O)c2ccc(F)cc2)cc1. The average Bonchev–Trinajstić information content (AvgIpc) is 3.25. The number of benzene rings is 3. The van der Waals surface area contributed by atoms with Gasteiger partial charge in [-0.25, -0.2) is 17.5 Å². The predicted octanol–water partition coefficient (Wildman–Crippen LogP) is 4.36. The lowest BCUT2D eigenvalue weighted by Crippen LogP contribution is -2.45. The minimum atomic E-state index is -3.73. The summed E-state index contributed by atoms with van der Waals surface area (Å²) in [6, 6.07) is 17.4. The lowest BCUT2D eigenvalue weighted by atomic mass is 10.0. The minimum Gasteiger partial charge on any atom is -0.361 e. The van der Waals surface area contributed by atoms with Gasteiger partial charge < -0.3 is 15.6 Å². The van der Waals surface area contributed by atoms with Crippen molar-refractivity contribution in [3.05, 3.63) is 95.9 Å². The van der Waals surface area contributed by atoms with Gasteiger partial charge in [0, 0.05) is 40.3 Å². The number of aromatic amines is 1. The number of fused-ring (bicyclic) bond motifs is 1. The molecular formula is C28H29FN4O4S. The maximum atomic E-state index is 13.3. The van der Waals surface area contributed by atoms with Crippen molar-refractivity contribution in [3.8, 4) is 0 Å². The summed E-state index contributed by atoms with van der Waals surface area (Å²) in [5.74, 6) is -1.49. The standard InChI is InChI=1S/C28H29FN4O4S/c1-28(2,3)33-38(36,37)22-14-12-21(13-15-22)31-27(35)25(32-26(34)18-8-10-20(29)11-9-18)16-19-17-30-24-7-5-4-6-23(19)24/h4-15,17,25,30,33H,16H2,1-3H3,(H,31,35)(H,32,34)/t25-/m0/s1. The molecule has 10 heteroatoms. The van der Waals surface area contributed by atoms with Crippen molar-refractivity contribution >= 4 is 38.4 Å². The number of nitrogens with one attached hydrogen (secondary N) is 4. The van der Waals surface area contributed by atoms with Gasteiger partial charge in [-0.05, 0) is 80.9 Å². The van der Waals surface area contributed by atoms with Gasteiger partial charge in [-0.15, -0.1) is 0 Å². The van der Waals surface area contributed by atoms with Gasteiger partial charge in [0.2, 0.25) is 15.9 Å². The van der Waals surface area contributed by atoms with Gasteiger partial charge in [0.05, 0.1) is 4.90 Å². The van der Waals surface area contributed by atoms with E-state index in [4.69, 9.17) is 0 Å². The molecule has 0 fully saturated rings. The third kappa shape index (κ3) is 6.64. The van der Waals surface area contributed by atoms with Gasteiger partial charge >= 0.3 is 0 Å². The molecule has 0 unspecified atom stereocenters. The molecule has 0 aliphatic heterocycles. The quantitative estimate of drug-likeness (QED) is 0.267. The maximum absolute atomic E-state index is 13.3. The van der Waals surface area contributed by atoms with Crippen molar-refractivity contribution in [2.24, 2.45) is 0 Å². The summed E-state index contributed by atoms with van der Waals surface area (Å²) in [6.07, 6.45) is 1.97. The number of aromatic nitrogens is 1. The van der Waals surface area contributed by atoms with Crippen molar-refractivity contribution in [1.82, 2.24) is 15.0 Å². The molecule has 4 rings (SSSR count). The summed E-state index contributed by atoms with van der Waals surface area (Å²) < 4.78 is 41.1. The minimum absolute atomic E-state index is 0.0605. The Balaban J connectivity index is 1.55. The summed E-state index contributed by atoms with van der Waals surface area (Å²) in [7, 11) is -3.73.